The first-order valence-corrected chi connectivity index (χ1v) is 10.5. The molecule has 0 spiro atoms. The summed E-state index contributed by atoms with van der Waals surface area (Å²) in [5.41, 5.74) is 0. The fourth-order valence-corrected chi connectivity index (χ4v) is 4.03. The number of aliphatic hydroxyl groups is 11. The van der Waals surface area contributed by atoms with E-state index in [9.17, 15) is 56.2 Å². The lowest BCUT2D eigenvalue weighted by atomic mass is 9.97. The van der Waals surface area contributed by atoms with E-state index >= 15 is 0 Å². The maximum absolute atomic E-state index is 10.5. The van der Waals surface area contributed by atoms with Crippen LogP contribution >= 0.6 is 0 Å². The molecule has 0 unspecified atom stereocenters. The van der Waals surface area contributed by atoms with Gasteiger partial charge < -0.3 is 79.9 Å². The molecule has 16 nitrogen and oxygen atoms in total. The van der Waals surface area contributed by atoms with Gasteiger partial charge in [-0.15, -0.1) is 0 Å². The van der Waals surface area contributed by atoms with Crippen molar-refractivity contribution in [1.29, 1.82) is 0 Å². The van der Waals surface area contributed by atoms with Crippen LogP contribution in [0, 0.1) is 0 Å². The van der Waals surface area contributed by atoms with E-state index in [2.05, 4.69) is 0 Å². The van der Waals surface area contributed by atoms with Crippen LogP contribution in [0.2, 0.25) is 0 Å². The van der Waals surface area contributed by atoms with Gasteiger partial charge in [0.1, 0.15) is 74.3 Å². The van der Waals surface area contributed by atoms with Crippen LogP contribution < -0.4 is 0 Å². The van der Waals surface area contributed by atoms with Gasteiger partial charge in [0.2, 0.25) is 11.6 Å². The van der Waals surface area contributed by atoms with Crippen LogP contribution in [-0.2, 0) is 23.7 Å². The van der Waals surface area contributed by atoms with Crippen LogP contribution in [0.25, 0.3) is 0 Å². The summed E-state index contributed by atoms with van der Waals surface area (Å²) in [6.45, 7) is -4.05. The minimum Gasteiger partial charge on any atom is -0.394 e. The molecule has 11 N–H and O–H groups in total. The highest BCUT2D eigenvalue weighted by molar-refractivity contribution is 5.00. The quantitative estimate of drug-likeness (QED) is 0.146. The maximum atomic E-state index is 10.5. The third-order valence-corrected chi connectivity index (χ3v) is 6.27. The molecule has 3 heterocycles. The van der Waals surface area contributed by atoms with E-state index in [-0.39, 0.29) is 0 Å². The molecule has 16 heteroatoms. The lowest BCUT2D eigenvalue weighted by molar-refractivity contribution is -0.388. The molecule has 0 radical (unpaired) electrons. The molecule has 200 valence electrons. The van der Waals surface area contributed by atoms with Crippen molar-refractivity contribution in [1.82, 2.24) is 0 Å². The van der Waals surface area contributed by atoms with Crippen LogP contribution in [-0.4, -0.2) is 168 Å². The summed E-state index contributed by atoms with van der Waals surface area (Å²) in [5, 5.41) is 109. The molecule has 3 rings (SSSR count). The number of aliphatic hydroxyl groups excluding tert-OH is 11. The minimum absolute atomic E-state index is 0.504. The summed E-state index contributed by atoms with van der Waals surface area (Å²) in [7, 11) is 0. The first kappa shape index (κ1) is 27.9. The maximum Gasteiger partial charge on any atom is 0.224 e. The molecular weight excluding hydrogens is 472 g/mol. The van der Waals surface area contributed by atoms with Gasteiger partial charge in [-0.3, -0.25) is 0 Å². The largest absolute Gasteiger partial charge is 0.394 e. The SMILES string of the molecule is OC[C@H]1O[C@H](O[C@]2(CO)O[C@H](CO[C@]3(CO)OC[C@@H](O)[C@@H](O)[C@@H]3O)[C@@H](O)[C@@H]2O)[C@H](O)[C@@H](O)[C@@H]1O. The molecule has 0 aromatic carbocycles. The Morgan fingerprint density at radius 3 is 1.91 bits per heavy atom. The Balaban J connectivity index is 1.72. The van der Waals surface area contributed by atoms with E-state index in [0.29, 0.717) is 0 Å². The fourth-order valence-electron chi connectivity index (χ4n) is 4.03. The van der Waals surface area contributed by atoms with Crippen LogP contribution in [0.5, 0.6) is 0 Å². The summed E-state index contributed by atoms with van der Waals surface area (Å²) in [5.74, 6) is -4.65. The monoisotopic (exact) mass is 504 g/mol. The van der Waals surface area contributed by atoms with Gasteiger partial charge in [-0.25, -0.2) is 0 Å². The lowest BCUT2D eigenvalue weighted by Crippen LogP contribution is -2.64. The topological polar surface area (TPSA) is 269 Å². The fraction of sp³-hybridized carbons (Fsp3) is 1.00. The Hall–Kier alpha value is -0.640. The van der Waals surface area contributed by atoms with Gasteiger partial charge in [0.15, 0.2) is 6.29 Å². The molecule has 0 bridgehead atoms. The van der Waals surface area contributed by atoms with E-state index in [0.717, 1.165) is 0 Å². The molecule has 3 aliphatic rings. The Kier molecular flexibility index (Phi) is 8.85. The highest BCUT2D eigenvalue weighted by atomic mass is 16.8. The molecule has 13 atom stereocenters. The molecule has 3 fully saturated rings. The molecule has 3 saturated heterocycles. The van der Waals surface area contributed by atoms with Crippen molar-refractivity contribution in [2.24, 2.45) is 0 Å². The van der Waals surface area contributed by atoms with E-state index in [1.165, 1.54) is 0 Å². The van der Waals surface area contributed by atoms with Crippen LogP contribution in [0.1, 0.15) is 0 Å². The van der Waals surface area contributed by atoms with Crippen molar-refractivity contribution in [2.75, 3.05) is 33.0 Å². The standard InChI is InChI=1S/C18H32O16/c19-1-7-10(24)12(26)13(27)16(32-7)34-18(5-21)15(29)11(25)8(33-18)3-31-17(4-20)14(28)9(23)6(22)2-30-17/h6-16,19-29H,1-5H2/t6-,7-,8-,9-,10-,11-,12+,13-,14+,15+,16-,17+,18+/m1/s1. The minimum atomic E-state index is -2.44. The predicted octanol–water partition coefficient (Wildman–Crippen LogP) is -7.57. The number of hydrogen-bond acceptors (Lipinski definition) is 16. The molecule has 0 aromatic heterocycles. The zero-order valence-electron chi connectivity index (χ0n) is 17.8. The van der Waals surface area contributed by atoms with Crippen LogP contribution in [0.3, 0.4) is 0 Å². The first-order valence-electron chi connectivity index (χ1n) is 10.5. The van der Waals surface area contributed by atoms with Gasteiger partial charge in [-0.2, -0.15) is 0 Å². The van der Waals surface area contributed by atoms with Gasteiger partial charge >= 0.3 is 0 Å². The second-order valence-corrected chi connectivity index (χ2v) is 8.47. The van der Waals surface area contributed by atoms with Crippen molar-refractivity contribution in [3.63, 3.8) is 0 Å². The summed E-state index contributed by atoms with van der Waals surface area (Å²) in [4.78, 5) is 0. The second kappa shape index (κ2) is 10.8. The summed E-state index contributed by atoms with van der Waals surface area (Å²) in [6.07, 6.45) is -19.0. The van der Waals surface area contributed by atoms with Gasteiger partial charge in [-0.1, -0.05) is 0 Å². The van der Waals surface area contributed by atoms with Crippen molar-refractivity contribution in [3.05, 3.63) is 0 Å². The van der Waals surface area contributed by atoms with Crippen molar-refractivity contribution in [3.8, 4) is 0 Å². The van der Waals surface area contributed by atoms with Gasteiger partial charge in [0, 0.05) is 0 Å². The Morgan fingerprint density at radius 1 is 0.706 bits per heavy atom. The number of hydrogen-bond donors (Lipinski definition) is 11. The van der Waals surface area contributed by atoms with Crippen molar-refractivity contribution in [2.45, 2.75) is 78.9 Å². The smallest absolute Gasteiger partial charge is 0.224 e. The normalized spacial score (nSPS) is 52.1. The predicted molar refractivity (Wildman–Crippen MR) is 101 cm³/mol. The average Bonchev–Trinajstić information content (AvgIpc) is 3.08. The summed E-state index contributed by atoms with van der Waals surface area (Å²) < 4.78 is 26.5. The zero-order chi connectivity index (χ0) is 25.4. The summed E-state index contributed by atoms with van der Waals surface area (Å²) >= 11 is 0. The second-order valence-electron chi connectivity index (χ2n) is 8.47. The van der Waals surface area contributed by atoms with E-state index in [4.69, 9.17) is 23.7 Å². The van der Waals surface area contributed by atoms with E-state index < -0.39 is 112 Å². The summed E-state index contributed by atoms with van der Waals surface area (Å²) in [6, 6.07) is 0. The van der Waals surface area contributed by atoms with Gasteiger partial charge in [-0.05, 0) is 0 Å². The molecule has 0 aromatic rings. The molecule has 0 saturated carbocycles. The zero-order valence-corrected chi connectivity index (χ0v) is 17.8. The Bertz CT molecular complexity index is 668. The third-order valence-electron chi connectivity index (χ3n) is 6.27. The number of ether oxygens (including phenoxy) is 5. The van der Waals surface area contributed by atoms with Crippen LogP contribution in [0.15, 0.2) is 0 Å². The lowest BCUT2D eigenvalue weighted by Gasteiger charge is -2.44. The third kappa shape index (κ3) is 4.83. The molecular formula is C18H32O16. The van der Waals surface area contributed by atoms with Crippen molar-refractivity contribution >= 4 is 0 Å². The van der Waals surface area contributed by atoms with Crippen molar-refractivity contribution < 1.29 is 79.9 Å². The molecule has 3 aliphatic heterocycles. The van der Waals surface area contributed by atoms with Crippen LogP contribution in [0.4, 0.5) is 0 Å². The highest BCUT2D eigenvalue weighted by Crippen LogP contribution is 2.37. The molecule has 0 amide bonds. The highest BCUT2D eigenvalue weighted by Gasteiger charge is 2.59. The van der Waals surface area contributed by atoms with Gasteiger partial charge in [0.25, 0.3) is 0 Å². The number of rotatable bonds is 8. The van der Waals surface area contributed by atoms with E-state index in [1.807, 2.05) is 0 Å². The Morgan fingerprint density at radius 2 is 1.32 bits per heavy atom. The molecule has 34 heavy (non-hydrogen) atoms. The first-order chi connectivity index (χ1) is 16.0. The molecule has 0 aliphatic carbocycles. The Labute approximate surface area is 192 Å². The average molecular weight is 504 g/mol. The van der Waals surface area contributed by atoms with Gasteiger partial charge in [0.05, 0.1) is 19.8 Å². The van der Waals surface area contributed by atoms with E-state index in [1.54, 1.807) is 0 Å².